The number of carbonyl (C=O) groups is 1. The van der Waals surface area contributed by atoms with Gasteiger partial charge in [0.25, 0.3) is 0 Å². The van der Waals surface area contributed by atoms with Crippen LogP contribution in [0.25, 0.3) is 0 Å². The Balaban J connectivity index is 1.73. The quantitative estimate of drug-likeness (QED) is 0.660. The minimum atomic E-state index is -3.50. The van der Waals surface area contributed by atoms with Crippen LogP contribution in [0.1, 0.15) is 23.6 Å². The van der Waals surface area contributed by atoms with Gasteiger partial charge in [-0.1, -0.05) is 42.5 Å². The van der Waals surface area contributed by atoms with Gasteiger partial charge in [0, 0.05) is 26.7 Å². The van der Waals surface area contributed by atoms with Gasteiger partial charge in [0.05, 0.1) is 23.5 Å². The van der Waals surface area contributed by atoms with E-state index in [1.54, 1.807) is 24.1 Å². The molecule has 0 saturated carbocycles. The standard InChI is InChI=1S/C22H29N3O4S/c1-23-30(28,29)20-10-8-17(9-11-20)14-22(27)24(2)21(18-6-4-3-5-7-18)16-25-13-12-19(26)15-25/h3-11,19,21,23,26H,12-16H2,1-2H3. The molecule has 2 atom stereocenters. The highest BCUT2D eigenvalue weighted by atomic mass is 32.2. The molecule has 2 aromatic carbocycles. The number of hydrogen-bond donors (Lipinski definition) is 2. The summed E-state index contributed by atoms with van der Waals surface area (Å²) < 4.78 is 26.0. The van der Waals surface area contributed by atoms with Gasteiger partial charge in [-0.05, 0) is 36.7 Å². The van der Waals surface area contributed by atoms with Gasteiger partial charge in [-0.25, -0.2) is 13.1 Å². The molecule has 1 aliphatic rings. The van der Waals surface area contributed by atoms with Gasteiger partial charge in [-0.2, -0.15) is 0 Å². The molecular weight excluding hydrogens is 402 g/mol. The van der Waals surface area contributed by atoms with E-state index in [2.05, 4.69) is 9.62 Å². The lowest BCUT2D eigenvalue weighted by Gasteiger charge is -2.32. The number of aliphatic hydroxyl groups excluding tert-OH is 1. The highest BCUT2D eigenvalue weighted by Gasteiger charge is 2.28. The first-order valence-corrected chi connectivity index (χ1v) is 11.5. The molecule has 8 heteroatoms. The minimum absolute atomic E-state index is 0.0483. The van der Waals surface area contributed by atoms with Gasteiger partial charge in [0.2, 0.25) is 15.9 Å². The van der Waals surface area contributed by atoms with E-state index < -0.39 is 10.0 Å². The maximum absolute atomic E-state index is 13.0. The molecule has 1 heterocycles. The van der Waals surface area contributed by atoms with E-state index in [1.807, 2.05) is 30.3 Å². The monoisotopic (exact) mass is 431 g/mol. The molecule has 7 nitrogen and oxygen atoms in total. The normalized spacial score (nSPS) is 18.3. The molecular formula is C22H29N3O4S. The number of aliphatic hydroxyl groups is 1. The van der Waals surface area contributed by atoms with Crippen molar-refractivity contribution in [3.05, 3.63) is 65.7 Å². The van der Waals surface area contributed by atoms with Gasteiger partial charge in [-0.15, -0.1) is 0 Å². The first kappa shape index (κ1) is 22.4. The summed E-state index contributed by atoms with van der Waals surface area (Å²) in [5, 5.41) is 9.85. The number of hydrogen-bond acceptors (Lipinski definition) is 5. The van der Waals surface area contributed by atoms with Crippen molar-refractivity contribution in [3.63, 3.8) is 0 Å². The van der Waals surface area contributed by atoms with E-state index in [0.717, 1.165) is 24.1 Å². The Morgan fingerprint density at radius 1 is 1.20 bits per heavy atom. The van der Waals surface area contributed by atoms with Crippen molar-refractivity contribution in [2.75, 3.05) is 33.7 Å². The maximum Gasteiger partial charge on any atom is 0.240 e. The summed E-state index contributed by atoms with van der Waals surface area (Å²) in [5.41, 5.74) is 1.80. The SMILES string of the molecule is CNS(=O)(=O)c1ccc(CC(=O)N(C)C(CN2CCC(O)C2)c2ccccc2)cc1. The third-order valence-corrected chi connectivity index (χ3v) is 7.01. The van der Waals surface area contributed by atoms with Gasteiger partial charge >= 0.3 is 0 Å². The number of amides is 1. The first-order valence-electron chi connectivity index (χ1n) is 10.0. The zero-order chi connectivity index (χ0) is 21.7. The number of likely N-dealkylation sites (tertiary alicyclic amines) is 1. The van der Waals surface area contributed by atoms with Crippen LogP contribution in [0.5, 0.6) is 0 Å². The molecule has 0 aromatic heterocycles. The van der Waals surface area contributed by atoms with Gasteiger partial charge in [-0.3, -0.25) is 9.69 Å². The summed E-state index contributed by atoms with van der Waals surface area (Å²) in [6, 6.07) is 16.1. The summed E-state index contributed by atoms with van der Waals surface area (Å²) in [6.45, 7) is 2.09. The fraction of sp³-hybridized carbons (Fsp3) is 0.409. The second-order valence-corrected chi connectivity index (χ2v) is 9.55. The number of nitrogens with one attached hydrogen (secondary N) is 1. The zero-order valence-electron chi connectivity index (χ0n) is 17.4. The first-order chi connectivity index (χ1) is 14.3. The summed E-state index contributed by atoms with van der Waals surface area (Å²) in [5.74, 6) is -0.0483. The third kappa shape index (κ3) is 5.46. The van der Waals surface area contributed by atoms with E-state index in [9.17, 15) is 18.3 Å². The molecule has 2 aromatic rings. The molecule has 2 N–H and O–H groups in total. The Hall–Kier alpha value is -2.26. The average molecular weight is 432 g/mol. The Labute approximate surface area is 178 Å². The van der Waals surface area contributed by atoms with Crippen molar-refractivity contribution in [2.45, 2.75) is 29.9 Å². The molecule has 1 saturated heterocycles. The maximum atomic E-state index is 13.0. The number of benzene rings is 2. The molecule has 30 heavy (non-hydrogen) atoms. The van der Waals surface area contributed by atoms with Gasteiger partial charge < -0.3 is 10.0 Å². The summed E-state index contributed by atoms with van der Waals surface area (Å²) in [6.07, 6.45) is 0.624. The number of carbonyl (C=O) groups excluding carboxylic acids is 1. The van der Waals surface area contributed by atoms with E-state index in [-0.39, 0.29) is 29.4 Å². The van der Waals surface area contributed by atoms with Crippen LogP contribution in [0.3, 0.4) is 0 Å². The van der Waals surface area contributed by atoms with Crippen molar-refractivity contribution in [1.82, 2.24) is 14.5 Å². The summed E-state index contributed by atoms with van der Waals surface area (Å²) >= 11 is 0. The molecule has 1 fully saturated rings. The lowest BCUT2D eigenvalue weighted by atomic mass is 10.0. The van der Waals surface area contributed by atoms with Crippen molar-refractivity contribution in [2.24, 2.45) is 0 Å². The Bertz CT molecular complexity index is 948. The molecule has 1 amide bonds. The second-order valence-electron chi connectivity index (χ2n) is 7.66. The van der Waals surface area contributed by atoms with Crippen LogP contribution in [0.2, 0.25) is 0 Å². The van der Waals surface area contributed by atoms with E-state index in [4.69, 9.17) is 0 Å². The summed E-state index contributed by atoms with van der Waals surface area (Å²) in [4.78, 5) is 17.1. The molecule has 3 rings (SSSR count). The van der Waals surface area contributed by atoms with Crippen LogP contribution < -0.4 is 4.72 Å². The minimum Gasteiger partial charge on any atom is -0.392 e. The number of likely N-dealkylation sites (N-methyl/N-ethyl adjacent to an activating group) is 1. The molecule has 0 bridgehead atoms. The highest BCUT2D eigenvalue weighted by molar-refractivity contribution is 7.89. The largest absolute Gasteiger partial charge is 0.392 e. The Morgan fingerprint density at radius 2 is 1.87 bits per heavy atom. The van der Waals surface area contributed by atoms with Crippen LogP contribution in [-0.4, -0.2) is 69.1 Å². The van der Waals surface area contributed by atoms with Crippen LogP contribution in [0, 0.1) is 0 Å². The molecule has 0 aliphatic carbocycles. The molecule has 0 radical (unpaired) electrons. The highest BCUT2D eigenvalue weighted by Crippen LogP contribution is 2.24. The molecule has 162 valence electrons. The van der Waals surface area contributed by atoms with Crippen LogP contribution >= 0.6 is 0 Å². The van der Waals surface area contributed by atoms with E-state index in [1.165, 1.54) is 19.2 Å². The van der Waals surface area contributed by atoms with E-state index in [0.29, 0.717) is 13.1 Å². The lowest BCUT2D eigenvalue weighted by molar-refractivity contribution is -0.131. The van der Waals surface area contributed by atoms with Gasteiger partial charge in [0.1, 0.15) is 0 Å². The van der Waals surface area contributed by atoms with Crippen molar-refractivity contribution < 1.29 is 18.3 Å². The number of nitrogens with zero attached hydrogens (tertiary/aromatic N) is 2. The smallest absolute Gasteiger partial charge is 0.240 e. The van der Waals surface area contributed by atoms with Gasteiger partial charge in [0.15, 0.2) is 0 Å². The Morgan fingerprint density at radius 3 is 2.43 bits per heavy atom. The number of β-amino-alcohol motifs (C(OH)–C–C–N with tert-alkyl or cyclic N) is 1. The predicted octanol–water partition coefficient (Wildman–Crippen LogP) is 1.40. The molecule has 2 unspecified atom stereocenters. The second kappa shape index (κ2) is 9.70. The van der Waals surface area contributed by atoms with Crippen LogP contribution in [-0.2, 0) is 21.2 Å². The van der Waals surface area contributed by atoms with Crippen molar-refractivity contribution in [1.29, 1.82) is 0 Å². The predicted molar refractivity (Wildman–Crippen MR) is 115 cm³/mol. The fourth-order valence-electron chi connectivity index (χ4n) is 3.73. The van der Waals surface area contributed by atoms with Crippen LogP contribution in [0.15, 0.2) is 59.5 Å². The van der Waals surface area contributed by atoms with E-state index >= 15 is 0 Å². The number of sulfonamides is 1. The topological polar surface area (TPSA) is 90.0 Å². The summed E-state index contributed by atoms with van der Waals surface area (Å²) in [7, 11) is -0.335. The zero-order valence-corrected chi connectivity index (χ0v) is 18.2. The third-order valence-electron chi connectivity index (χ3n) is 5.58. The van der Waals surface area contributed by atoms with Crippen molar-refractivity contribution in [3.8, 4) is 0 Å². The molecule has 0 spiro atoms. The Kier molecular flexibility index (Phi) is 7.25. The van der Waals surface area contributed by atoms with Crippen LogP contribution in [0.4, 0.5) is 0 Å². The van der Waals surface area contributed by atoms with Crippen molar-refractivity contribution >= 4 is 15.9 Å². The number of rotatable bonds is 8. The lowest BCUT2D eigenvalue weighted by Crippen LogP contribution is -2.39. The molecule has 1 aliphatic heterocycles. The fourth-order valence-corrected chi connectivity index (χ4v) is 4.46. The average Bonchev–Trinajstić information content (AvgIpc) is 3.17.